The van der Waals surface area contributed by atoms with Gasteiger partial charge in [0.25, 0.3) is 5.69 Å². The number of carbonyl (C=O) groups excluding carboxylic acids is 1. The van der Waals surface area contributed by atoms with Crippen LogP contribution >= 0.6 is 11.6 Å². The van der Waals surface area contributed by atoms with Gasteiger partial charge < -0.3 is 11.1 Å². The van der Waals surface area contributed by atoms with Crippen molar-refractivity contribution in [3.05, 3.63) is 33.3 Å². The zero-order valence-corrected chi connectivity index (χ0v) is 11.5. The van der Waals surface area contributed by atoms with Gasteiger partial charge in [0.15, 0.2) is 0 Å². The van der Waals surface area contributed by atoms with Gasteiger partial charge in [0.2, 0.25) is 5.91 Å². The summed E-state index contributed by atoms with van der Waals surface area (Å²) in [6.07, 6.45) is 0.552. The van der Waals surface area contributed by atoms with Gasteiger partial charge in [0.1, 0.15) is 0 Å². The van der Waals surface area contributed by atoms with Gasteiger partial charge in [-0.2, -0.15) is 0 Å². The molecule has 0 aliphatic rings. The monoisotopic (exact) mass is 285 g/mol. The third-order valence-electron chi connectivity index (χ3n) is 2.48. The summed E-state index contributed by atoms with van der Waals surface area (Å²) < 4.78 is 0. The van der Waals surface area contributed by atoms with Crippen LogP contribution in [0, 0.1) is 16.0 Å². The van der Waals surface area contributed by atoms with Gasteiger partial charge in [0, 0.05) is 12.1 Å². The minimum atomic E-state index is -0.633. The Labute approximate surface area is 116 Å². The normalized spacial score (nSPS) is 12.3. The molecule has 0 bridgehead atoms. The second-order valence-electron chi connectivity index (χ2n) is 4.65. The first-order valence-electron chi connectivity index (χ1n) is 5.81. The molecular formula is C12H16ClN3O3. The van der Waals surface area contributed by atoms with Crippen LogP contribution in [0.2, 0.25) is 5.02 Å². The summed E-state index contributed by atoms with van der Waals surface area (Å²) in [7, 11) is 0. The highest BCUT2D eigenvalue weighted by Crippen LogP contribution is 2.26. The molecule has 0 unspecified atom stereocenters. The van der Waals surface area contributed by atoms with Crippen molar-refractivity contribution in [2.24, 2.45) is 11.7 Å². The molecular weight excluding hydrogens is 270 g/mol. The van der Waals surface area contributed by atoms with E-state index in [0.29, 0.717) is 18.0 Å². The van der Waals surface area contributed by atoms with Crippen molar-refractivity contribution >= 4 is 28.9 Å². The second-order valence-corrected chi connectivity index (χ2v) is 5.05. The van der Waals surface area contributed by atoms with E-state index in [0.717, 1.165) is 0 Å². The molecule has 0 saturated heterocycles. The van der Waals surface area contributed by atoms with Crippen LogP contribution in [0.25, 0.3) is 0 Å². The summed E-state index contributed by atoms with van der Waals surface area (Å²) >= 11 is 5.87. The van der Waals surface area contributed by atoms with E-state index in [1.807, 2.05) is 13.8 Å². The highest BCUT2D eigenvalue weighted by molar-refractivity contribution is 6.34. The van der Waals surface area contributed by atoms with Crippen molar-refractivity contribution < 1.29 is 9.72 Å². The number of rotatable bonds is 5. The smallest absolute Gasteiger partial charge is 0.271 e. The van der Waals surface area contributed by atoms with E-state index in [-0.39, 0.29) is 16.6 Å². The van der Waals surface area contributed by atoms with Crippen LogP contribution in [0.3, 0.4) is 0 Å². The maximum Gasteiger partial charge on any atom is 0.271 e. The van der Waals surface area contributed by atoms with Crippen LogP contribution in [-0.2, 0) is 4.79 Å². The van der Waals surface area contributed by atoms with Crippen molar-refractivity contribution in [2.75, 3.05) is 5.32 Å². The van der Waals surface area contributed by atoms with Crippen LogP contribution in [0.15, 0.2) is 18.2 Å². The number of nitrogens with two attached hydrogens (primary N) is 1. The molecule has 0 aliphatic heterocycles. The first-order chi connectivity index (χ1) is 8.81. The molecule has 7 heteroatoms. The Morgan fingerprint density at radius 2 is 2.16 bits per heavy atom. The quantitative estimate of drug-likeness (QED) is 0.641. The molecule has 0 spiro atoms. The maximum atomic E-state index is 11.8. The lowest BCUT2D eigenvalue weighted by atomic mass is 10.0. The minimum absolute atomic E-state index is 0.110. The molecule has 0 fully saturated rings. The first-order valence-corrected chi connectivity index (χ1v) is 6.19. The van der Waals surface area contributed by atoms with Crippen LogP contribution in [-0.4, -0.2) is 16.9 Å². The number of nitro benzene ring substituents is 1. The predicted octanol–water partition coefficient (Wildman–Crippen LogP) is 2.56. The largest absolute Gasteiger partial charge is 0.323 e. The number of nitrogens with one attached hydrogen (secondary N) is 1. The lowest BCUT2D eigenvalue weighted by Crippen LogP contribution is -2.36. The molecule has 0 saturated carbocycles. The number of benzene rings is 1. The fourth-order valence-electron chi connectivity index (χ4n) is 1.56. The van der Waals surface area contributed by atoms with E-state index < -0.39 is 11.0 Å². The van der Waals surface area contributed by atoms with E-state index in [9.17, 15) is 14.9 Å². The zero-order valence-electron chi connectivity index (χ0n) is 10.7. The van der Waals surface area contributed by atoms with Gasteiger partial charge in [-0.3, -0.25) is 14.9 Å². The van der Waals surface area contributed by atoms with E-state index in [4.69, 9.17) is 17.3 Å². The Morgan fingerprint density at radius 3 is 2.63 bits per heavy atom. The summed E-state index contributed by atoms with van der Waals surface area (Å²) in [6, 6.07) is 3.22. The Balaban J connectivity index is 2.77. The third-order valence-corrected chi connectivity index (χ3v) is 2.80. The summed E-state index contributed by atoms with van der Waals surface area (Å²) in [6.45, 7) is 3.93. The number of anilines is 1. The number of hydrogen-bond donors (Lipinski definition) is 2. The molecule has 1 aromatic carbocycles. The molecule has 1 aromatic rings. The van der Waals surface area contributed by atoms with Crippen LogP contribution in [0.5, 0.6) is 0 Å². The predicted molar refractivity (Wildman–Crippen MR) is 74.2 cm³/mol. The Kier molecular flexibility index (Phi) is 5.26. The molecule has 1 rings (SSSR count). The molecule has 0 aromatic heterocycles. The van der Waals surface area contributed by atoms with E-state index in [1.165, 1.54) is 18.2 Å². The average Bonchev–Trinajstić information content (AvgIpc) is 2.30. The molecule has 1 atom stereocenters. The van der Waals surface area contributed by atoms with Gasteiger partial charge in [-0.1, -0.05) is 25.4 Å². The van der Waals surface area contributed by atoms with E-state index in [1.54, 1.807) is 0 Å². The summed E-state index contributed by atoms with van der Waals surface area (Å²) in [4.78, 5) is 21.8. The number of hydrogen-bond acceptors (Lipinski definition) is 4. The molecule has 0 aliphatic carbocycles. The first kappa shape index (κ1) is 15.4. The maximum absolute atomic E-state index is 11.8. The van der Waals surface area contributed by atoms with Gasteiger partial charge in [-0.15, -0.1) is 0 Å². The average molecular weight is 286 g/mol. The van der Waals surface area contributed by atoms with Crippen molar-refractivity contribution in [1.82, 2.24) is 0 Å². The fraction of sp³-hybridized carbons (Fsp3) is 0.417. The lowest BCUT2D eigenvalue weighted by Gasteiger charge is -2.14. The Bertz CT molecular complexity index is 491. The van der Waals surface area contributed by atoms with Gasteiger partial charge in [0.05, 0.1) is 21.7 Å². The summed E-state index contributed by atoms with van der Waals surface area (Å²) in [5.74, 6) is -0.0578. The highest BCUT2D eigenvalue weighted by atomic mass is 35.5. The third kappa shape index (κ3) is 4.50. The van der Waals surface area contributed by atoms with Crippen LogP contribution in [0.4, 0.5) is 11.4 Å². The van der Waals surface area contributed by atoms with Crippen molar-refractivity contribution in [2.45, 2.75) is 26.3 Å². The second kappa shape index (κ2) is 6.49. The minimum Gasteiger partial charge on any atom is -0.323 e. The van der Waals surface area contributed by atoms with Gasteiger partial charge in [-0.05, 0) is 18.4 Å². The van der Waals surface area contributed by atoms with E-state index in [2.05, 4.69) is 5.32 Å². The van der Waals surface area contributed by atoms with Gasteiger partial charge >= 0.3 is 0 Å². The van der Waals surface area contributed by atoms with Crippen molar-refractivity contribution in [3.8, 4) is 0 Å². The number of nitro groups is 1. The standard InChI is InChI=1S/C12H16ClN3O3/c1-7(2)5-10(14)12(17)15-11-4-3-8(16(18)19)6-9(11)13/h3-4,6-7,10H,5,14H2,1-2H3,(H,15,17)/t10-/m1/s1. The van der Waals surface area contributed by atoms with Crippen LogP contribution < -0.4 is 11.1 Å². The topological polar surface area (TPSA) is 98.3 Å². The SMILES string of the molecule is CC(C)C[C@@H](N)C(=O)Nc1ccc([N+](=O)[O-])cc1Cl. The Morgan fingerprint density at radius 1 is 1.53 bits per heavy atom. The number of amides is 1. The molecule has 104 valence electrons. The number of halogens is 1. The Hall–Kier alpha value is -1.66. The van der Waals surface area contributed by atoms with E-state index >= 15 is 0 Å². The fourth-order valence-corrected chi connectivity index (χ4v) is 1.78. The molecule has 6 nitrogen and oxygen atoms in total. The zero-order chi connectivity index (χ0) is 14.6. The molecule has 1 amide bonds. The summed E-state index contributed by atoms with van der Waals surface area (Å²) in [5.41, 5.74) is 5.92. The van der Waals surface area contributed by atoms with Gasteiger partial charge in [-0.25, -0.2) is 0 Å². The molecule has 3 N–H and O–H groups in total. The molecule has 0 radical (unpaired) electrons. The van der Waals surface area contributed by atoms with Crippen LogP contribution in [0.1, 0.15) is 20.3 Å². The number of non-ortho nitro benzene ring substituents is 1. The van der Waals surface area contributed by atoms with Crippen molar-refractivity contribution in [3.63, 3.8) is 0 Å². The summed E-state index contributed by atoms with van der Waals surface area (Å²) in [5, 5.41) is 13.2. The highest BCUT2D eigenvalue weighted by Gasteiger charge is 2.17. The molecule has 0 heterocycles. The lowest BCUT2D eigenvalue weighted by molar-refractivity contribution is -0.384. The molecule has 19 heavy (non-hydrogen) atoms. The number of nitrogens with zero attached hydrogens (tertiary/aromatic N) is 1. The number of carbonyl (C=O) groups is 1. The van der Waals surface area contributed by atoms with Crippen molar-refractivity contribution in [1.29, 1.82) is 0 Å².